The van der Waals surface area contributed by atoms with E-state index in [-0.39, 0.29) is 48.0 Å². The second kappa shape index (κ2) is 14.1. The van der Waals surface area contributed by atoms with Crippen molar-refractivity contribution >= 4 is 58.5 Å². The number of ether oxygens (including phenoxy) is 1. The lowest BCUT2D eigenvalue weighted by atomic mass is 9.92. The molecule has 0 unspecified atom stereocenters. The second-order valence-corrected chi connectivity index (χ2v) is 16.0. The van der Waals surface area contributed by atoms with E-state index in [4.69, 9.17) is 22.7 Å². The van der Waals surface area contributed by atoms with Gasteiger partial charge in [-0.15, -0.1) is 0 Å². The van der Waals surface area contributed by atoms with E-state index in [1.54, 1.807) is 14.0 Å². The largest absolute Gasteiger partial charge is 0.474 e. The summed E-state index contributed by atoms with van der Waals surface area (Å²) in [7, 11) is -2.39. The number of nitrogens with zero attached hydrogens (tertiary/aromatic N) is 2. The summed E-state index contributed by atoms with van der Waals surface area (Å²) in [5, 5.41) is 14.1. The number of carbonyl (C=O) groups is 2. The number of phosphoric ester groups is 1. The molecule has 1 aliphatic heterocycles. The highest BCUT2D eigenvalue weighted by atomic mass is 32.2. The molecule has 0 aromatic carbocycles. The summed E-state index contributed by atoms with van der Waals surface area (Å²) in [5.41, 5.74) is -0.865. The highest BCUT2D eigenvalue weighted by molar-refractivity contribution is 8.14. The molecule has 2 aromatic rings. The molecule has 0 bridgehead atoms. The monoisotopic (exact) mass is 647 g/mol. The molecule has 0 amide bonds. The number of hydrogen-bond acceptors (Lipinski definition) is 14. The van der Waals surface area contributed by atoms with Crippen LogP contribution in [0.3, 0.4) is 0 Å². The number of hydrogen-bond donors (Lipinski definition) is 2. The lowest BCUT2D eigenvalue weighted by molar-refractivity contribution is -0.118. The van der Waals surface area contributed by atoms with Crippen LogP contribution in [0.15, 0.2) is 17.0 Å². The number of aliphatic hydroxyl groups is 1. The van der Waals surface area contributed by atoms with E-state index < -0.39 is 36.5 Å². The number of nitrogens with one attached hydrogen (secondary N) is 1. The van der Waals surface area contributed by atoms with Crippen molar-refractivity contribution in [1.82, 2.24) is 9.97 Å². The minimum absolute atomic E-state index is 0.0219. The number of anilines is 1. The number of fused-ring (bicyclic) bond motifs is 1. The molecular weight excluding hydrogens is 605 g/mol. The van der Waals surface area contributed by atoms with Crippen molar-refractivity contribution in [3.63, 3.8) is 0 Å². The normalized spacial score (nSPS) is 21.6. The molecule has 42 heavy (non-hydrogen) atoms. The molecule has 1 saturated heterocycles. The van der Waals surface area contributed by atoms with Crippen LogP contribution in [0, 0.1) is 10.8 Å². The molecule has 3 atom stereocenters. The zero-order valence-electron chi connectivity index (χ0n) is 25.4. The Bertz CT molecular complexity index is 1250. The molecule has 3 rings (SSSR count). The summed E-state index contributed by atoms with van der Waals surface area (Å²) in [6.45, 7) is 12.2. The highest BCUT2D eigenvalue weighted by Crippen LogP contribution is 2.51. The number of rotatable bonds is 13. The molecule has 1 aliphatic rings. The topological polar surface area (TPSA) is 159 Å². The molecule has 15 heteroatoms. The molecule has 0 aliphatic carbocycles. The lowest BCUT2D eigenvalue weighted by Gasteiger charge is -2.22. The van der Waals surface area contributed by atoms with E-state index in [9.17, 15) is 19.3 Å². The van der Waals surface area contributed by atoms with Gasteiger partial charge >= 0.3 is 7.82 Å². The van der Waals surface area contributed by atoms with E-state index in [1.807, 2.05) is 41.5 Å². The van der Waals surface area contributed by atoms with Crippen molar-refractivity contribution < 1.29 is 42.0 Å². The van der Waals surface area contributed by atoms with Gasteiger partial charge in [0.2, 0.25) is 0 Å². The van der Waals surface area contributed by atoms with Gasteiger partial charge in [0.05, 0.1) is 37.8 Å². The van der Waals surface area contributed by atoms with Crippen LogP contribution in [-0.2, 0) is 32.5 Å². The van der Waals surface area contributed by atoms with Crippen LogP contribution in [0.25, 0.3) is 11.1 Å². The third kappa shape index (κ3) is 9.25. The summed E-state index contributed by atoms with van der Waals surface area (Å²) in [5.74, 6) is 1.01. The van der Waals surface area contributed by atoms with E-state index in [0.717, 1.165) is 23.5 Å². The SMILES string of the molecule is CNc1ncnc2c([C@@H]3O[C@H](COP(=O)(OCCSC(=O)C(C)(C)C)OCCSC(=O)C(C)(C)C)C[C@@]3(C)O)coc12. The Morgan fingerprint density at radius 3 is 2.17 bits per heavy atom. The van der Waals surface area contributed by atoms with Gasteiger partial charge < -0.3 is 19.6 Å². The number of aromatic nitrogens is 2. The maximum atomic E-state index is 13.6. The maximum Gasteiger partial charge on any atom is 0.474 e. The standard InChI is InChI=1S/C27H42N3O9PS2/c1-25(2,3)23(31)41-11-9-36-40(34,37-10-12-42-24(32)26(4,5)6)38-14-17-13-27(7,33)21(39-17)18-15-35-20-19(18)29-16-30-22(20)28-8/h15-17,21,33H,9-14H2,1-8H3,(H,28,29,30)/t17-,21-,27+/m0/s1. The minimum Gasteiger partial charge on any atom is -0.458 e. The zero-order chi connectivity index (χ0) is 31.3. The van der Waals surface area contributed by atoms with Gasteiger partial charge in [-0.2, -0.15) is 0 Å². The molecule has 3 heterocycles. The highest BCUT2D eigenvalue weighted by Gasteiger charge is 2.47. The molecule has 2 N–H and O–H groups in total. The quantitative estimate of drug-likeness (QED) is 0.204. The van der Waals surface area contributed by atoms with Gasteiger partial charge in [-0.05, 0) is 6.92 Å². The molecule has 0 radical (unpaired) electrons. The Morgan fingerprint density at radius 2 is 1.64 bits per heavy atom. The summed E-state index contributed by atoms with van der Waals surface area (Å²) in [6, 6.07) is 0. The van der Waals surface area contributed by atoms with Crippen LogP contribution < -0.4 is 5.32 Å². The average molecular weight is 648 g/mol. The molecule has 2 aromatic heterocycles. The molecule has 1 fully saturated rings. The van der Waals surface area contributed by atoms with E-state index in [1.165, 1.54) is 12.6 Å². The summed E-state index contributed by atoms with van der Waals surface area (Å²) in [4.78, 5) is 32.9. The van der Waals surface area contributed by atoms with Gasteiger partial charge in [-0.25, -0.2) is 14.5 Å². The van der Waals surface area contributed by atoms with Gasteiger partial charge in [0.15, 0.2) is 21.6 Å². The Hall–Kier alpha value is -1.51. The van der Waals surface area contributed by atoms with Gasteiger partial charge in [0, 0.05) is 41.4 Å². The Morgan fingerprint density at radius 1 is 1.07 bits per heavy atom. The van der Waals surface area contributed by atoms with Crippen LogP contribution in [0.5, 0.6) is 0 Å². The maximum absolute atomic E-state index is 13.6. The van der Waals surface area contributed by atoms with Crippen molar-refractivity contribution in [2.24, 2.45) is 10.8 Å². The first kappa shape index (κ1) is 35.0. The predicted molar refractivity (Wildman–Crippen MR) is 164 cm³/mol. The van der Waals surface area contributed by atoms with Gasteiger partial charge in [-0.1, -0.05) is 65.1 Å². The summed E-state index contributed by atoms with van der Waals surface area (Å²) < 4.78 is 42.1. The molecule has 0 spiro atoms. The summed E-state index contributed by atoms with van der Waals surface area (Å²) >= 11 is 2.16. The first-order valence-corrected chi connectivity index (χ1v) is 17.1. The van der Waals surface area contributed by atoms with Crippen LogP contribution in [0.2, 0.25) is 0 Å². The predicted octanol–water partition coefficient (Wildman–Crippen LogP) is 5.62. The minimum atomic E-state index is -4.10. The number of carbonyl (C=O) groups excluding carboxylic acids is 2. The van der Waals surface area contributed by atoms with E-state index in [2.05, 4.69) is 15.3 Å². The van der Waals surface area contributed by atoms with Crippen molar-refractivity contribution in [3.05, 3.63) is 18.2 Å². The average Bonchev–Trinajstić information content (AvgIpc) is 3.46. The van der Waals surface area contributed by atoms with E-state index in [0.29, 0.717) is 22.5 Å². The van der Waals surface area contributed by atoms with Crippen molar-refractivity contribution in [2.75, 3.05) is 43.7 Å². The number of furan rings is 1. The number of phosphoric acid groups is 1. The fourth-order valence-corrected chi connectivity index (χ4v) is 7.00. The van der Waals surface area contributed by atoms with Crippen molar-refractivity contribution in [3.8, 4) is 0 Å². The van der Waals surface area contributed by atoms with Crippen LogP contribution in [0.4, 0.5) is 5.82 Å². The van der Waals surface area contributed by atoms with Crippen molar-refractivity contribution in [2.45, 2.75) is 72.7 Å². The van der Waals surface area contributed by atoms with Gasteiger partial charge in [0.1, 0.15) is 17.9 Å². The molecule has 12 nitrogen and oxygen atoms in total. The molecule has 0 saturated carbocycles. The Balaban J connectivity index is 1.65. The first-order chi connectivity index (χ1) is 19.5. The second-order valence-electron chi connectivity index (χ2n) is 12.2. The van der Waals surface area contributed by atoms with Gasteiger partial charge in [-0.3, -0.25) is 23.2 Å². The van der Waals surface area contributed by atoms with Crippen LogP contribution in [0.1, 0.15) is 66.6 Å². The Labute approximate surface area is 255 Å². The van der Waals surface area contributed by atoms with Crippen molar-refractivity contribution in [1.29, 1.82) is 0 Å². The fourth-order valence-electron chi connectivity index (χ4n) is 3.98. The smallest absolute Gasteiger partial charge is 0.458 e. The van der Waals surface area contributed by atoms with Crippen LogP contribution in [-0.4, -0.2) is 75.4 Å². The van der Waals surface area contributed by atoms with E-state index >= 15 is 0 Å². The third-order valence-electron chi connectivity index (χ3n) is 6.21. The van der Waals surface area contributed by atoms with Crippen LogP contribution >= 0.6 is 31.3 Å². The zero-order valence-corrected chi connectivity index (χ0v) is 28.0. The number of thioether (sulfide) groups is 2. The third-order valence-corrected chi connectivity index (χ3v) is 10.2. The fraction of sp³-hybridized carbons (Fsp3) is 0.704. The Kier molecular flexibility index (Phi) is 11.7. The molecule has 236 valence electrons. The summed E-state index contributed by atoms with van der Waals surface area (Å²) in [6.07, 6.45) is 1.58. The van der Waals surface area contributed by atoms with Gasteiger partial charge in [0.25, 0.3) is 0 Å². The lowest BCUT2D eigenvalue weighted by Crippen LogP contribution is -2.28. The molecular formula is C27H42N3O9PS2. The first-order valence-electron chi connectivity index (χ1n) is 13.6.